The van der Waals surface area contributed by atoms with Gasteiger partial charge in [-0.05, 0) is 29.8 Å². The second-order valence-corrected chi connectivity index (χ2v) is 12.2. The number of hydrogen-bond donors (Lipinski definition) is 1. The molecule has 2 aromatic carbocycles. The number of benzene rings is 2. The van der Waals surface area contributed by atoms with Crippen molar-refractivity contribution in [3.05, 3.63) is 65.2 Å². The molecule has 0 aliphatic carbocycles. The van der Waals surface area contributed by atoms with Gasteiger partial charge in [-0.15, -0.1) is 0 Å². The van der Waals surface area contributed by atoms with Crippen LogP contribution in [0, 0.1) is 0 Å². The molecule has 0 saturated heterocycles. The maximum absolute atomic E-state index is 3.81. The predicted octanol–water partition coefficient (Wildman–Crippen LogP) is 4.51. The fraction of sp³-hybridized carbons (Fsp3) is 0.368. The summed E-state index contributed by atoms with van der Waals surface area (Å²) in [4.78, 5) is 6.25. The molecule has 1 aliphatic heterocycles. The Morgan fingerprint density at radius 2 is 1.73 bits per heavy atom. The van der Waals surface area contributed by atoms with Gasteiger partial charge in [-0.3, -0.25) is 0 Å². The molecule has 2 aromatic rings. The van der Waals surface area contributed by atoms with Gasteiger partial charge in [-0.2, -0.15) is 0 Å². The summed E-state index contributed by atoms with van der Waals surface area (Å²) >= 11 is 0. The van der Waals surface area contributed by atoms with Crippen LogP contribution in [0.5, 0.6) is 0 Å². The molecule has 0 radical (unpaired) electrons. The van der Waals surface area contributed by atoms with E-state index in [0.29, 0.717) is 5.92 Å². The molecule has 3 rings (SSSR count). The third kappa shape index (κ3) is 3.26. The minimum absolute atomic E-state index is 0.471. The van der Waals surface area contributed by atoms with Crippen molar-refractivity contribution in [3.8, 4) is 0 Å². The van der Waals surface area contributed by atoms with Crippen LogP contribution in [0.4, 0.5) is 5.69 Å². The summed E-state index contributed by atoms with van der Waals surface area (Å²) in [5.74, 6) is 0.471. The monoisotopic (exact) mass is 310 g/mol. The molecule has 0 saturated carbocycles. The first-order valence-electron chi connectivity index (χ1n) is 8.07. The number of likely N-dealkylation sites (N-methyl/N-ethyl adjacent to an activating group) is 1. The SMILES string of the molecule is CN1Cc2c(N[Si](C)(C)C)cccc2C(c2ccccc2)C1. The summed E-state index contributed by atoms with van der Waals surface area (Å²) in [6.45, 7) is 9.19. The van der Waals surface area contributed by atoms with Crippen LogP contribution >= 0.6 is 0 Å². The van der Waals surface area contributed by atoms with E-state index in [2.05, 4.69) is 85.1 Å². The third-order valence-corrected chi connectivity index (χ3v) is 5.24. The minimum Gasteiger partial charge on any atom is -0.410 e. The van der Waals surface area contributed by atoms with Crippen molar-refractivity contribution in [2.24, 2.45) is 0 Å². The third-order valence-electron chi connectivity index (χ3n) is 4.22. The van der Waals surface area contributed by atoms with Crippen LogP contribution in [-0.2, 0) is 6.54 Å². The topological polar surface area (TPSA) is 15.3 Å². The summed E-state index contributed by atoms with van der Waals surface area (Å²) in [6, 6.07) is 17.7. The number of nitrogens with zero attached hydrogens (tertiary/aromatic N) is 1. The zero-order valence-corrected chi connectivity index (χ0v) is 15.1. The van der Waals surface area contributed by atoms with E-state index in [1.165, 1.54) is 22.4 Å². The molecule has 1 N–H and O–H groups in total. The first-order valence-corrected chi connectivity index (χ1v) is 11.6. The van der Waals surface area contributed by atoms with Crippen molar-refractivity contribution in [1.29, 1.82) is 0 Å². The van der Waals surface area contributed by atoms with E-state index < -0.39 is 8.24 Å². The van der Waals surface area contributed by atoms with E-state index in [9.17, 15) is 0 Å². The summed E-state index contributed by atoms with van der Waals surface area (Å²) < 4.78 is 0. The number of rotatable bonds is 3. The number of anilines is 1. The molecule has 0 spiro atoms. The average molecular weight is 311 g/mol. The normalized spacial score (nSPS) is 18.8. The Morgan fingerprint density at radius 1 is 1.00 bits per heavy atom. The highest BCUT2D eigenvalue weighted by atomic mass is 28.3. The minimum atomic E-state index is -1.35. The van der Waals surface area contributed by atoms with Gasteiger partial charge in [-0.1, -0.05) is 62.1 Å². The first-order chi connectivity index (χ1) is 10.4. The largest absolute Gasteiger partial charge is 0.410 e. The molecular formula is C19H26N2Si. The van der Waals surface area contributed by atoms with Crippen molar-refractivity contribution in [3.63, 3.8) is 0 Å². The molecular weight excluding hydrogens is 284 g/mol. The van der Waals surface area contributed by atoms with Crippen molar-refractivity contribution in [2.45, 2.75) is 32.1 Å². The zero-order valence-electron chi connectivity index (χ0n) is 14.1. The van der Waals surface area contributed by atoms with E-state index in [-0.39, 0.29) is 0 Å². The molecule has 1 heterocycles. The smallest absolute Gasteiger partial charge is 0.144 e. The first kappa shape index (κ1) is 15.3. The Balaban J connectivity index is 2.05. The Bertz CT molecular complexity index is 646. The van der Waals surface area contributed by atoms with Crippen molar-refractivity contribution < 1.29 is 0 Å². The summed E-state index contributed by atoms with van der Waals surface area (Å²) in [6.07, 6.45) is 0. The maximum Gasteiger partial charge on any atom is 0.144 e. The molecule has 0 aromatic heterocycles. The Kier molecular flexibility index (Phi) is 4.11. The molecule has 0 amide bonds. The molecule has 1 aliphatic rings. The summed E-state index contributed by atoms with van der Waals surface area (Å²) in [7, 11) is 0.877. The van der Waals surface area contributed by atoms with E-state index in [1.54, 1.807) is 0 Å². The van der Waals surface area contributed by atoms with E-state index in [4.69, 9.17) is 0 Å². The van der Waals surface area contributed by atoms with Crippen LogP contribution < -0.4 is 4.98 Å². The van der Waals surface area contributed by atoms with Gasteiger partial charge in [0.1, 0.15) is 8.24 Å². The number of nitrogens with one attached hydrogen (secondary N) is 1. The second-order valence-electron chi connectivity index (χ2n) is 7.41. The Morgan fingerprint density at radius 3 is 2.41 bits per heavy atom. The van der Waals surface area contributed by atoms with E-state index >= 15 is 0 Å². The zero-order chi connectivity index (χ0) is 15.7. The molecule has 22 heavy (non-hydrogen) atoms. The molecule has 0 bridgehead atoms. The summed E-state index contributed by atoms with van der Waals surface area (Å²) in [5.41, 5.74) is 5.73. The van der Waals surface area contributed by atoms with Crippen LogP contribution in [0.1, 0.15) is 22.6 Å². The van der Waals surface area contributed by atoms with Crippen LogP contribution in [0.15, 0.2) is 48.5 Å². The van der Waals surface area contributed by atoms with E-state index in [1.807, 2.05) is 0 Å². The second kappa shape index (κ2) is 5.90. The average Bonchev–Trinajstić information content (AvgIpc) is 2.47. The lowest BCUT2D eigenvalue weighted by Gasteiger charge is -2.35. The molecule has 1 atom stereocenters. The predicted molar refractivity (Wildman–Crippen MR) is 98.0 cm³/mol. The lowest BCUT2D eigenvalue weighted by molar-refractivity contribution is 0.296. The van der Waals surface area contributed by atoms with Gasteiger partial charge in [0.15, 0.2) is 0 Å². The van der Waals surface area contributed by atoms with Crippen LogP contribution in [-0.4, -0.2) is 26.7 Å². The Labute approximate surface area is 135 Å². The van der Waals surface area contributed by atoms with E-state index in [0.717, 1.165) is 13.1 Å². The highest BCUT2D eigenvalue weighted by molar-refractivity contribution is 6.79. The lowest BCUT2D eigenvalue weighted by Crippen LogP contribution is -2.36. The van der Waals surface area contributed by atoms with Crippen LogP contribution in [0.3, 0.4) is 0 Å². The van der Waals surface area contributed by atoms with Gasteiger partial charge >= 0.3 is 0 Å². The fourth-order valence-corrected chi connectivity index (χ4v) is 4.39. The van der Waals surface area contributed by atoms with Gasteiger partial charge in [0.2, 0.25) is 0 Å². The van der Waals surface area contributed by atoms with Crippen molar-refractivity contribution >= 4 is 13.9 Å². The van der Waals surface area contributed by atoms with Crippen molar-refractivity contribution in [1.82, 2.24) is 4.90 Å². The number of fused-ring (bicyclic) bond motifs is 1. The fourth-order valence-electron chi connectivity index (χ4n) is 3.34. The van der Waals surface area contributed by atoms with Crippen molar-refractivity contribution in [2.75, 3.05) is 18.6 Å². The molecule has 1 unspecified atom stereocenters. The van der Waals surface area contributed by atoms with Crippen LogP contribution in [0.2, 0.25) is 19.6 Å². The lowest BCUT2D eigenvalue weighted by atomic mass is 9.84. The van der Waals surface area contributed by atoms with Gasteiger partial charge in [-0.25, -0.2) is 0 Å². The van der Waals surface area contributed by atoms with Crippen LogP contribution in [0.25, 0.3) is 0 Å². The quantitative estimate of drug-likeness (QED) is 0.839. The number of hydrogen-bond acceptors (Lipinski definition) is 2. The summed E-state index contributed by atoms with van der Waals surface area (Å²) in [5, 5.41) is 0. The molecule has 3 heteroatoms. The Hall–Kier alpha value is -1.58. The maximum atomic E-state index is 3.81. The van der Waals surface area contributed by atoms with Gasteiger partial charge in [0, 0.05) is 24.7 Å². The molecule has 2 nitrogen and oxygen atoms in total. The molecule has 0 fully saturated rings. The standard InChI is InChI=1S/C19H26N2Si/c1-21-13-17(15-9-6-5-7-10-15)16-11-8-12-19(18(16)14-21)20-22(2,3)4/h5-12,17,20H,13-14H2,1-4H3. The highest BCUT2D eigenvalue weighted by Gasteiger charge is 2.27. The van der Waals surface area contributed by atoms with Gasteiger partial charge in [0.25, 0.3) is 0 Å². The van der Waals surface area contributed by atoms with Gasteiger partial charge < -0.3 is 9.88 Å². The highest BCUT2D eigenvalue weighted by Crippen LogP contribution is 2.36. The van der Waals surface area contributed by atoms with Gasteiger partial charge in [0.05, 0.1) is 0 Å². The molecule has 116 valence electrons.